The van der Waals surface area contributed by atoms with Gasteiger partial charge >= 0.3 is 0 Å². The van der Waals surface area contributed by atoms with Crippen LogP contribution in [0, 0.1) is 13.8 Å². The standard InChI is InChI=1S/C27H21Cl2NO/c1-18-3-10-22(11-4-18)30(23-12-5-19(2)6-13-23)24-14-7-20(8-15-24)27(31)25-16-9-21(28)17-26(25)29/h3-17H,1-2H3. The number of benzene rings is 4. The molecule has 0 aliphatic heterocycles. The van der Waals surface area contributed by atoms with Crippen molar-refractivity contribution in [3.8, 4) is 0 Å². The zero-order valence-corrected chi connectivity index (χ0v) is 18.8. The fraction of sp³-hybridized carbons (Fsp3) is 0.0741. The van der Waals surface area contributed by atoms with Crippen LogP contribution >= 0.6 is 23.2 Å². The Morgan fingerprint density at radius 2 is 1.10 bits per heavy atom. The topological polar surface area (TPSA) is 20.3 Å². The van der Waals surface area contributed by atoms with E-state index in [9.17, 15) is 4.79 Å². The summed E-state index contributed by atoms with van der Waals surface area (Å²) in [5, 5.41) is 0.853. The Hall–Kier alpha value is -3.07. The summed E-state index contributed by atoms with van der Waals surface area (Å²) in [4.78, 5) is 15.1. The van der Waals surface area contributed by atoms with E-state index in [-0.39, 0.29) is 5.78 Å². The van der Waals surface area contributed by atoms with E-state index in [4.69, 9.17) is 23.2 Å². The highest BCUT2D eigenvalue weighted by Gasteiger charge is 2.16. The van der Waals surface area contributed by atoms with E-state index in [1.807, 2.05) is 24.3 Å². The van der Waals surface area contributed by atoms with Crippen LogP contribution < -0.4 is 4.90 Å². The summed E-state index contributed by atoms with van der Waals surface area (Å²) in [7, 11) is 0. The van der Waals surface area contributed by atoms with Crippen LogP contribution in [0.5, 0.6) is 0 Å². The molecule has 0 saturated heterocycles. The third-order valence-electron chi connectivity index (χ3n) is 5.15. The van der Waals surface area contributed by atoms with Crippen molar-refractivity contribution in [1.29, 1.82) is 0 Å². The number of carbonyl (C=O) groups is 1. The molecular formula is C27H21Cl2NO. The second-order valence-corrected chi connectivity index (χ2v) is 8.35. The maximum atomic E-state index is 12.9. The van der Waals surface area contributed by atoms with Crippen LogP contribution in [0.4, 0.5) is 17.1 Å². The van der Waals surface area contributed by atoms with Gasteiger partial charge in [0.2, 0.25) is 0 Å². The number of ketones is 1. The first kappa shape index (κ1) is 21.2. The van der Waals surface area contributed by atoms with Gasteiger partial charge in [-0.1, -0.05) is 58.6 Å². The van der Waals surface area contributed by atoms with Crippen LogP contribution in [0.2, 0.25) is 10.0 Å². The van der Waals surface area contributed by atoms with Crippen molar-refractivity contribution in [2.24, 2.45) is 0 Å². The number of carbonyl (C=O) groups excluding carboxylic acids is 1. The summed E-state index contributed by atoms with van der Waals surface area (Å²) < 4.78 is 0. The molecule has 0 aliphatic carbocycles. The van der Waals surface area contributed by atoms with Gasteiger partial charge in [-0.3, -0.25) is 4.79 Å². The summed E-state index contributed by atoms with van der Waals surface area (Å²) in [5.41, 5.74) is 6.48. The van der Waals surface area contributed by atoms with Gasteiger partial charge in [0.15, 0.2) is 5.78 Å². The molecule has 0 heterocycles. The number of hydrogen-bond donors (Lipinski definition) is 0. The molecule has 0 N–H and O–H groups in total. The van der Waals surface area contributed by atoms with Gasteiger partial charge in [-0.15, -0.1) is 0 Å². The number of rotatable bonds is 5. The Balaban J connectivity index is 1.71. The second kappa shape index (κ2) is 8.97. The molecular weight excluding hydrogens is 425 g/mol. The third kappa shape index (κ3) is 4.66. The van der Waals surface area contributed by atoms with Gasteiger partial charge in [-0.25, -0.2) is 0 Å². The van der Waals surface area contributed by atoms with Crippen LogP contribution in [0.25, 0.3) is 0 Å². The molecule has 0 fully saturated rings. The number of halogens is 2. The normalized spacial score (nSPS) is 10.7. The molecule has 0 bridgehead atoms. The average molecular weight is 446 g/mol. The average Bonchev–Trinajstić information content (AvgIpc) is 2.77. The van der Waals surface area contributed by atoms with Crippen LogP contribution in [-0.2, 0) is 0 Å². The number of aryl methyl sites for hydroxylation is 2. The summed E-state index contributed by atoms with van der Waals surface area (Å²) in [6.45, 7) is 4.14. The Morgan fingerprint density at radius 3 is 1.55 bits per heavy atom. The Morgan fingerprint density at radius 1 is 0.645 bits per heavy atom. The van der Waals surface area contributed by atoms with Crippen molar-refractivity contribution in [3.63, 3.8) is 0 Å². The minimum absolute atomic E-state index is 0.134. The lowest BCUT2D eigenvalue weighted by Gasteiger charge is -2.26. The molecule has 0 spiro atoms. The molecule has 0 radical (unpaired) electrons. The molecule has 0 atom stereocenters. The van der Waals surface area contributed by atoms with E-state index in [0.29, 0.717) is 21.2 Å². The third-order valence-corrected chi connectivity index (χ3v) is 5.70. The van der Waals surface area contributed by atoms with Crippen LogP contribution in [-0.4, -0.2) is 5.78 Å². The van der Waals surface area contributed by atoms with E-state index in [0.717, 1.165) is 17.1 Å². The zero-order chi connectivity index (χ0) is 22.0. The summed E-state index contributed by atoms with van der Waals surface area (Å²) >= 11 is 12.2. The predicted octanol–water partition coefficient (Wildman–Crippen LogP) is 8.31. The minimum Gasteiger partial charge on any atom is -0.311 e. The van der Waals surface area contributed by atoms with Crippen LogP contribution in [0.1, 0.15) is 27.0 Å². The molecule has 0 saturated carbocycles. The molecule has 31 heavy (non-hydrogen) atoms. The lowest BCUT2D eigenvalue weighted by atomic mass is 10.0. The predicted molar refractivity (Wildman–Crippen MR) is 130 cm³/mol. The van der Waals surface area contributed by atoms with E-state index in [1.54, 1.807) is 18.2 Å². The fourth-order valence-corrected chi connectivity index (χ4v) is 3.92. The summed E-state index contributed by atoms with van der Waals surface area (Å²) in [5.74, 6) is -0.134. The van der Waals surface area contributed by atoms with Gasteiger partial charge in [-0.2, -0.15) is 0 Å². The van der Waals surface area contributed by atoms with E-state index in [1.165, 1.54) is 11.1 Å². The first-order chi connectivity index (χ1) is 14.9. The fourth-order valence-electron chi connectivity index (χ4n) is 3.43. The monoisotopic (exact) mass is 445 g/mol. The first-order valence-corrected chi connectivity index (χ1v) is 10.7. The van der Waals surface area contributed by atoms with Crippen molar-refractivity contribution in [1.82, 2.24) is 0 Å². The molecule has 4 aromatic carbocycles. The first-order valence-electron chi connectivity index (χ1n) is 9.96. The van der Waals surface area contributed by atoms with E-state index < -0.39 is 0 Å². The SMILES string of the molecule is Cc1ccc(N(c2ccc(C)cc2)c2ccc(C(=O)c3ccc(Cl)cc3Cl)cc2)cc1. The Bertz CT molecular complexity index is 1170. The Labute approximate surface area is 192 Å². The van der Waals surface area contributed by atoms with E-state index >= 15 is 0 Å². The number of anilines is 3. The van der Waals surface area contributed by atoms with Crippen molar-refractivity contribution < 1.29 is 4.79 Å². The highest BCUT2D eigenvalue weighted by Crippen LogP contribution is 2.35. The second-order valence-electron chi connectivity index (χ2n) is 7.51. The van der Waals surface area contributed by atoms with Crippen LogP contribution in [0.3, 0.4) is 0 Å². The van der Waals surface area contributed by atoms with Gasteiger partial charge in [0.1, 0.15) is 0 Å². The van der Waals surface area contributed by atoms with Crippen molar-refractivity contribution >= 4 is 46.0 Å². The lowest BCUT2D eigenvalue weighted by molar-refractivity contribution is 0.103. The molecule has 4 rings (SSSR count). The number of nitrogens with zero attached hydrogens (tertiary/aromatic N) is 1. The van der Waals surface area contributed by atoms with E-state index in [2.05, 4.69) is 67.3 Å². The largest absolute Gasteiger partial charge is 0.311 e. The smallest absolute Gasteiger partial charge is 0.194 e. The molecule has 154 valence electrons. The molecule has 0 aliphatic rings. The number of hydrogen-bond acceptors (Lipinski definition) is 2. The Kier molecular flexibility index (Phi) is 6.13. The molecule has 2 nitrogen and oxygen atoms in total. The molecule has 0 unspecified atom stereocenters. The van der Waals surface area contributed by atoms with Gasteiger partial charge in [0.25, 0.3) is 0 Å². The lowest BCUT2D eigenvalue weighted by Crippen LogP contribution is -2.10. The van der Waals surface area contributed by atoms with Crippen LogP contribution in [0.15, 0.2) is 91.0 Å². The quantitative estimate of drug-likeness (QED) is 0.287. The van der Waals surface area contributed by atoms with Crippen molar-refractivity contribution in [2.45, 2.75) is 13.8 Å². The van der Waals surface area contributed by atoms with Gasteiger partial charge in [-0.05, 0) is 80.6 Å². The van der Waals surface area contributed by atoms with Gasteiger partial charge in [0.05, 0.1) is 5.02 Å². The molecule has 0 aromatic heterocycles. The molecule has 4 heteroatoms. The summed E-state index contributed by atoms with van der Waals surface area (Å²) in [6.07, 6.45) is 0. The van der Waals surface area contributed by atoms with Gasteiger partial charge < -0.3 is 4.90 Å². The van der Waals surface area contributed by atoms with Crippen molar-refractivity contribution in [3.05, 3.63) is 123 Å². The summed E-state index contributed by atoms with van der Waals surface area (Å²) in [6, 6.07) is 29.3. The maximum Gasteiger partial charge on any atom is 0.194 e. The molecule has 4 aromatic rings. The van der Waals surface area contributed by atoms with Gasteiger partial charge in [0, 0.05) is 33.2 Å². The van der Waals surface area contributed by atoms with Crippen molar-refractivity contribution in [2.75, 3.05) is 4.90 Å². The minimum atomic E-state index is -0.134. The maximum absolute atomic E-state index is 12.9. The molecule has 0 amide bonds. The highest BCUT2D eigenvalue weighted by molar-refractivity contribution is 6.37. The highest BCUT2D eigenvalue weighted by atomic mass is 35.5. The zero-order valence-electron chi connectivity index (χ0n) is 17.3.